The van der Waals surface area contributed by atoms with Gasteiger partial charge in [0.25, 0.3) is 11.8 Å². The molecule has 0 aliphatic carbocycles. The van der Waals surface area contributed by atoms with Crippen LogP contribution in [0.15, 0.2) is 72.5 Å². The molecular formula is C26H24N2O5. The third-order valence-electron chi connectivity index (χ3n) is 5.05. The normalized spacial score (nSPS) is 13.5. The first-order chi connectivity index (χ1) is 16.1. The van der Waals surface area contributed by atoms with Gasteiger partial charge in [-0.25, -0.2) is 0 Å². The van der Waals surface area contributed by atoms with E-state index in [-0.39, 0.29) is 11.7 Å². The number of para-hydroxylation sites is 1. The first kappa shape index (κ1) is 22.0. The topological polar surface area (TPSA) is 85.9 Å². The van der Waals surface area contributed by atoms with Crippen LogP contribution in [0, 0.1) is 0 Å². The van der Waals surface area contributed by atoms with Gasteiger partial charge in [0, 0.05) is 17.7 Å². The summed E-state index contributed by atoms with van der Waals surface area (Å²) in [6.45, 7) is 2.90. The molecule has 0 saturated heterocycles. The van der Waals surface area contributed by atoms with Crippen LogP contribution in [-0.2, 0) is 11.3 Å². The summed E-state index contributed by atoms with van der Waals surface area (Å²) >= 11 is 0. The Balaban J connectivity index is 1.44. The van der Waals surface area contributed by atoms with Gasteiger partial charge in [0.1, 0.15) is 11.5 Å². The van der Waals surface area contributed by atoms with Gasteiger partial charge in [-0.2, -0.15) is 0 Å². The van der Waals surface area contributed by atoms with Crippen LogP contribution in [0.1, 0.15) is 28.4 Å². The number of ether oxygens (including phenoxy) is 3. The van der Waals surface area contributed by atoms with E-state index in [1.165, 1.54) is 0 Å². The maximum absolute atomic E-state index is 12.6. The molecule has 33 heavy (non-hydrogen) atoms. The molecule has 1 aliphatic rings. The molecule has 4 rings (SSSR count). The van der Waals surface area contributed by atoms with E-state index in [9.17, 15) is 9.59 Å². The first-order valence-corrected chi connectivity index (χ1v) is 10.5. The summed E-state index contributed by atoms with van der Waals surface area (Å²) in [4.78, 5) is 25.2. The Kier molecular flexibility index (Phi) is 6.59. The number of carbonyl (C=O) groups is 2. The van der Waals surface area contributed by atoms with E-state index < -0.39 is 5.91 Å². The molecule has 0 atom stereocenters. The largest absolute Gasteiger partial charge is 0.496 e. The van der Waals surface area contributed by atoms with Gasteiger partial charge in [0.2, 0.25) is 0 Å². The van der Waals surface area contributed by atoms with E-state index in [0.29, 0.717) is 35.9 Å². The number of hydrogen-bond donors (Lipinski definition) is 2. The molecule has 168 valence electrons. The summed E-state index contributed by atoms with van der Waals surface area (Å²) in [5.74, 6) is 1.36. The molecule has 3 aromatic carbocycles. The van der Waals surface area contributed by atoms with Crippen molar-refractivity contribution in [2.24, 2.45) is 0 Å². The van der Waals surface area contributed by atoms with E-state index in [2.05, 4.69) is 10.6 Å². The molecule has 0 fully saturated rings. The fourth-order valence-electron chi connectivity index (χ4n) is 3.38. The van der Waals surface area contributed by atoms with Gasteiger partial charge in [-0.1, -0.05) is 30.3 Å². The zero-order chi connectivity index (χ0) is 23.2. The molecule has 0 unspecified atom stereocenters. The maximum Gasteiger partial charge on any atom is 0.291 e. The van der Waals surface area contributed by atoms with Crippen LogP contribution in [-0.4, -0.2) is 25.5 Å². The lowest BCUT2D eigenvalue weighted by atomic mass is 10.1. The molecular weight excluding hydrogens is 420 g/mol. The van der Waals surface area contributed by atoms with Crippen LogP contribution in [0.2, 0.25) is 0 Å². The van der Waals surface area contributed by atoms with Crippen LogP contribution in [0.4, 0.5) is 5.69 Å². The average molecular weight is 444 g/mol. The van der Waals surface area contributed by atoms with E-state index in [0.717, 1.165) is 16.9 Å². The quantitative estimate of drug-likeness (QED) is 0.528. The number of fused-ring (bicyclic) bond motifs is 1. The second kappa shape index (κ2) is 9.91. The Labute approximate surface area is 192 Å². The monoisotopic (exact) mass is 444 g/mol. The fourth-order valence-corrected chi connectivity index (χ4v) is 3.38. The maximum atomic E-state index is 12.6. The van der Waals surface area contributed by atoms with E-state index in [1.807, 2.05) is 49.4 Å². The molecule has 0 radical (unpaired) electrons. The minimum Gasteiger partial charge on any atom is -0.496 e. The van der Waals surface area contributed by atoms with Gasteiger partial charge in [-0.05, 0) is 55.0 Å². The first-order valence-electron chi connectivity index (χ1n) is 10.5. The number of nitrogens with one attached hydrogen (secondary N) is 2. The summed E-state index contributed by atoms with van der Waals surface area (Å²) in [6, 6.07) is 19.8. The van der Waals surface area contributed by atoms with Crippen molar-refractivity contribution in [3.8, 4) is 17.2 Å². The Morgan fingerprint density at radius 3 is 2.64 bits per heavy atom. The fraction of sp³-hybridized carbons (Fsp3) is 0.154. The van der Waals surface area contributed by atoms with Crippen molar-refractivity contribution in [1.29, 1.82) is 0 Å². The molecule has 0 aromatic heterocycles. The van der Waals surface area contributed by atoms with Crippen molar-refractivity contribution >= 4 is 23.6 Å². The highest BCUT2D eigenvalue weighted by Crippen LogP contribution is 2.33. The number of benzene rings is 3. The third kappa shape index (κ3) is 5.15. The van der Waals surface area contributed by atoms with Crippen LogP contribution in [0.5, 0.6) is 17.2 Å². The SMILES string of the molecule is CCOc1ccc(CNC(=O)c2ccc3c(c2)NC(=O)C(=Cc2ccccc2OC)O3)cc1. The molecule has 3 aromatic rings. The van der Waals surface area contributed by atoms with Gasteiger partial charge in [-0.15, -0.1) is 0 Å². The standard InChI is InChI=1S/C26H24N2O5/c1-3-32-20-11-8-17(9-12-20)16-27-25(29)19-10-13-23-21(14-19)28-26(30)24(33-23)15-18-6-4-5-7-22(18)31-2/h4-15H,3,16H2,1-2H3,(H,27,29)(H,28,30). The molecule has 7 heteroatoms. The molecule has 0 bridgehead atoms. The zero-order valence-electron chi connectivity index (χ0n) is 18.4. The lowest BCUT2D eigenvalue weighted by Gasteiger charge is -2.21. The van der Waals surface area contributed by atoms with Crippen molar-refractivity contribution in [3.63, 3.8) is 0 Å². The predicted molar refractivity (Wildman–Crippen MR) is 125 cm³/mol. The highest BCUT2D eigenvalue weighted by molar-refractivity contribution is 6.09. The van der Waals surface area contributed by atoms with Crippen LogP contribution >= 0.6 is 0 Å². The van der Waals surface area contributed by atoms with E-state index in [1.54, 1.807) is 37.5 Å². The zero-order valence-corrected chi connectivity index (χ0v) is 18.4. The highest BCUT2D eigenvalue weighted by atomic mass is 16.5. The Hall–Kier alpha value is -4.26. The third-order valence-corrected chi connectivity index (χ3v) is 5.05. The van der Waals surface area contributed by atoms with E-state index >= 15 is 0 Å². The van der Waals surface area contributed by atoms with Crippen molar-refractivity contribution in [3.05, 3.63) is 89.2 Å². The predicted octanol–water partition coefficient (Wildman–Crippen LogP) is 4.40. The smallest absolute Gasteiger partial charge is 0.291 e. The van der Waals surface area contributed by atoms with Crippen molar-refractivity contribution in [2.45, 2.75) is 13.5 Å². The van der Waals surface area contributed by atoms with Gasteiger partial charge in [-0.3, -0.25) is 9.59 Å². The number of hydrogen-bond acceptors (Lipinski definition) is 5. The second-order valence-electron chi connectivity index (χ2n) is 7.28. The highest BCUT2D eigenvalue weighted by Gasteiger charge is 2.23. The van der Waals surface area contributed by atoms with E-state index in [4.69, 9.17) is 14.2 Å². The summed E-state index contributed by atoms with van der Waals surface area (Å²) in [6.07, 6.45) is 1.62. The number of amides is 2. The second-order valence-corrected chi connectivity index (χ2v) is 7.28. The molecule has 2 amide bonds. The Morgan fingerprint density at radius 2 is 1.88 bits per heavy atom. The van der Waals surface area contributed by atoms with Crippen LogP contribution in [0.3, 0.4) is 0 Å². The molecule has 0 saturated carbocycles. The number of carbonyl (C=O) groups excluding carboxylic acids is 2. The van der Waals surface area contributed by atoms with Crippen LogP contribution < -0.4 is 24.8 Å². The number of rotatable bonds is 7. The van der Waals surface area contributed by atoms with Crippen molar-refractivity contribution in [2.75, 3.05) is 19.0 Å². The lowest BCUT2D eigenvalue weighted by Crippen LogP contribution is -2.25. The molecule has 7 nitrogen and oxygen atoms in total. The molecule has 0 spiro atoms. The number of methoxy groups -OCH3 is 1. The average Bonchev–Trinajstić information content (AvgIpc) is 2.84. The van der Waals surface area contributed by atoms with Gasteiger partial charge < -0.3 is 24.8 Å². The molecule has 1 aliphatic heterocycles. The lowest BCUT2D eigenvalue weighted by molar-refractivity contribution is -0.115. The Morgan fingerprint density at radius 1 is 1.09 bits per heavy atom. The summed E-state index contributed by atoms with van der Waals surface area (Å²) in [5.41, 5.74) is 2.53. The van der Waals surface area contributed by atoms with Crippen LogP contribution in [0.25, 0.3) is 6.08 Å². The molecule has 2 N–H and O–H groups in total. The van der Waals surface area contributed by atoms with Crippen molar-refractivity contribution in [1.82, 2.24) is 5.32 Å². The number of anilines is 1. The Bertz CT molecular complexity index is 1200. The molecule has 1 heterocycles. The minimum absolute atomic E-state index is 0.139. The van der Waals surface area contributed by atoms with Crippen molar-refractivity contribution < 1.29 is 23.8 Å². The van der Waals surface area contributed by atoms with Gasteiger partial charge in [0.05, 0.1) is 19.4 Å². The van der Waals surface area contributed by atoms with Gasteiger partial charge >= 0.3 is 0 Å². The summed E-state index contributed by atoms with van der Waals surface area (Å²) in [7, 11) is 1.57. The summed E-state index contributed by atoms with van der Waals surface area (Å²) in [5, 5.41) is 5.67. The van der Waals surface area contributed by atoms with Gasteiger partial charge in [0.15, 0.2) is 11.5 Å². The summed E-state index contributed by atoms with van der Waals surface area (Å²) < 4.78 is 16.5. The minimum atomic E-state index is -0.402.